The molecule has 1 aliphatic heterocycles. The van der Waals surface area contributed by atoms with Crippen LogP contribution in [0.25, 0.3) is 38.6 Å². The van der Waals surface area contributed by atoms with Crippen LogP contribution in [0.3, 0.4) is 0 Å². The van der Waals surface area contributed by atoms with Gasteiger partial charge in [-0.1, -0.05) is 170 Å². The first kappa shape index (κ1) is 34.1. The van der Waals surface area contributed by atoms with E-state index in [1.54, 1.807) is 0 Å². The van der Waals surface area contributed by atoms with Crippen molar-refractivity contribution in [2.45, 2.75) is 24.2 Å². The van der Waals surface area contributed by atoms with Crippen LogP contribution in [0.5, 0.6) is 0 Å². The van der Waals surface area contributed by atoms with Gasteiger partial charge in [-0.25, -0.2) is 0 Å². The lowest BCUT2D eigenvalue weighted by Crippen LogP contribution is -2.39. The van der Waals surface area contributed by atoms with Gasteiger partial charge < -0.3 is 0 Å². The predicted molar refractivity (Wildman–Crippen MR) is 243 cm³/mol. The molecule has 0 N–H and O–H groups in total. The van der Waals surface area contributed by atoms with E-state index in [9.17, 15) is 0 Å². The minimum atomic E-state index is -0.294. The molecule has 0 spiro atoms. The molecule has 12 rings (SSSR count). The van der Waals surface area contributed by atoms with E-state index >= 15 is 0 Å². The molecule has 4 atom stereocenters. The fraction of sp³-hybridized carbons (Fsp3) is 0.125. The zero-order chi connectivity index (χ0) is 38.9. The van der Waals surface area contributed by atoms with E-state index in [2.05, 4.69) is 187 Å². The van der Waals surface area contributed by atoms with E-state index < -0.39 is 0 Å². The number of aliphatic imine (C=N–C) groups is 1. The second-order valence-electron chi connectivity index (χ2n) is 16.6. The molecule has 7 aromatic rings. The number of nitrogens with zero attached hydrogens (tertiary/aromatic N) is 3. The number of hydrogen-bond acceptors (Lipinski definition) is 3. The van der Waals surface area contributed by atoms with Gasteiger partial charge in [0.2, 0.25) is 0 Å². The van der Waals surface area contributed by atoms with Gasteiger partial charge in [-0.2, -0.15) is 0 Å². The van der Waals surface area contributed by atoms with Gasteiger partial charge in [0.1, 0.15) is 0 Å². The van der Waals surface area contributed by atoms with Crippen molar-refractivity contribution in [1.82, 2.24) is 9.97 Å². The van der Waals surface area contributed by atoms with Gasteiger partial charge in [0.15, 0.2) is 0 Å². The molecule has 4 unspecified atom stereocenters. The lowest BCUT2D eigenvalue weighted by atomic mass is 9.58. The third kappa shape index (κ3) is 5.24. The van der Waals surface area contributed by atoms with Crippen LogP contribution in [0.1, 0.15) is 57.7 Å². The Kier molecular flexibility index (Phi) is 7.84. The molecule has 3 nitrogen and oxygen atoms in total. The van der Waals surface area contributed by atoms with Gasteiger partial charge in [0.05, 0.1) is 22.1 Å². The van der Waals surface area contributed by atoms with Crippen molar-refractivity contribution in [2.24, 2.45) is 22.7 Å². The highest BCUT2D eigenvalue weighted by molar-refractivity contribution is 6.06. The zero-order valence-corrected chi connectivity index (χ0v) is 32.6. The fourth-order valence-electron chi connectivity index (χ4n) is 11.1. The minimum Gasteiger partial charge on any atom is -0.254 e. The summed E-state index contributed by atoms with van der Waals surface area (Å²) < 4.78 is 0. The Morgan fingerprint density at radius 3 is 2.17 bits per heavy atom. The van der Waals surface area contributed by atoms with Crippen LogP contribution >= 0.6 is 0 Å². The lowest BCUT2D eigenvalue weighted by molar-refractivity contribution is 0.364. The number of aromatic nitrogens is 2. The number of benzene rings is 5. The topological polar surface area (TPSA) is 38.1 Å². The monoisotopic (exact) mass is 755 g/mol. The van der Waals surface area contributed by atoms with Crippen LogP contribution < -0.4 is 0 Å². The number of rotatable bonds is 5. The molecule has 59 heavy (non-hydrogen) atoms. The first-order valence-corrected chi connectivity index (χ1v) is 21.0. The Morgan fingerprint density at radius 1 is 0.610 bits per heavy atom. The highest BCUT2D eigenvalue weighted by atomic mass is 14.8. The highest BCUT2D eigenvalue weighted by Gasteiger charge is 2.55. The molecule has 4 aliphatic carbocycles. The average molecular weight is 756 g/mol. The Morgan fingerprint density at radius 2 is 1.37 bits per heavy atom. The lowest BCUT2D eigenvalue weighted by Gasteiger charge is -2.44. The van der Waals surface area contributed by atoms with Gasteiger partial charge in [-0.05, 0) is 87.1 Å². The Balaban J connectivity index is 0.924. The maximum Gasteiger partial charge on any atom is 0.0967 e. The van der Waals surface area contributed by atoms with E-state index in [0.717, 1.165) is 40.7 Å². The summed E-state index contributed by atoms with van der Waals surface area (Å²) in [6.07, 6.45) is 24.3. The van der Waals surface area contributed by atoms with Crippen LogP contribution in [0.15, 0.2) is 211 Å². The summed E-state index contributed by atoms with van der Waals surface area (Å²) in [6.45, 7) is 0. The molecule has 280 valence electrons. The van der Waals surface area contributed by atoms with E-state index in [0.29, 0.717) is 5.92 Å². The Labute approximate surface area is 344 Å². The predicted octanol–water partition coefficient (Wildman–Crippen LogP) is 12.9. The van der Waals surface area contributed by atoms with Crippen LogP contribution in [0.2, 0.25) is 0 Å². The summed E-state index contributed by atoms with van der Waals surface area (Å²) in [4.78, 5) is 14.9. The smallest absolute Gasteiger partial charge is 0.0967 e. The third-order valence-corrected chi connectivity index (χ3v) is 13.7. The van der Waals surface area contributed by atoms with E-state index in [1.807, 2.05) is 18.5 Å². The summed E-state index contributed by atoms with van der Waals surface area (Å²) in [7, 11) is 0. The second-order valence-corrected chi connectivity index (χ2v) is 16.6. The SMILES string of the molecule is C1=CC2=NC(c3ccc(C4=CCC(c5ccnc6c5ccc5cccnc56)C=C4)cc3)=C3C=C4c5ccccc5C(c5ccccc5)(c5ccccc5)C4CC3C2C=C1. The van der Waals surface area contributed by atoms with Gasteiger partial charge in [-0.3, -0.25) is 15.0 Å². The van der Waals surface area contributed by atoms with Crippen molar-refractivity contribution in [3.8, 4) is 0 Å². The van der Waals surface area contributed by atoms with E-state index in [1.165, 1.54) is 61.0 Å². The molecule has 0 radical (unpaired) electrons. The molecule has 0 saturated heterocycles. The van der Waals surface area contributed by atoms with Gasteiger partial charge >= 0.3 is 0 Å². The Hall–Kier alpha value is -6.97. The maximum absolute atomic E-state index is 5.49. The summed E-state index contributed by atoms with van der Waals surface area (Å²) in [6, 6.07) is 51.5. The second kappa shape index (κ2) is 13.6. The number of hydrogen-bond donors (Lipinski definition) is 0. The summed E-state index contributed by atoms with van der Waals surface area (Å²) >= 11 is 0. The first-order chi connectivity index (χ1) is 29.3. The number of allylic oxidation sites excluding steroid dienone is 11. The van der Waals surface area contributed by atoms with E-state index in [4.69, 9.17) is 9.98 Å². The molecule has 3 heterocycles. The summed E-state index contributed by atoms with van der Waals surface area (Å²) in [5.41, 5.74) is 17.1. The minimum absolute atomic E-state index is 0.238. The summed E-state index contributed by atoms with van der Waals surface area (Å²) in [5.74, 6) is 1.09. The van der Waals surface area contributed by atoms with Crippen molar-refractivity contribution < 1.29 is 0 Å². The maximum atomic E-state index is 5.49. The van der Waals surface area contributed by atoms with Crippen molar-refractivity contribution in [2.75, 3.05) is 0 Å². The average Bonchev–Trinajstić information content (AvgIpc) is 3.61. The third-order valence-electron chi connectivity index (χ3n) is 13.7. The van der Waals surface area contributed by atoms with Crippen molar-refractivity contribution >= 4 is 44.4 Å². The van der Waals surface area contributed by atoms with Gasteiger partial charge in [-0.15, -0.1) is 0 Å². The van der Waals surface area contributed by atoms with Crippen LogP contribution in [-0.4, -0.2) is 15.7 Å². The summed E-state index contributed by atoms with van der Waals surface area (Å²) in [5, 5.41) is 2.30. The van der Waals surface area contributed by atoms with Crippen molar-refractivity contribution in [3.63, 3.8) is 0 Å². The molecule has 0 bridgehead atoms. The van der Waals surface area contributed by atoms with Crippen LogP contribution in [0, 0.1) is 17.8 Å². The van der Waals surface area contributed by atoms with Crippen molar-refractivity contribution in [3.05, 3.63) is 245 Å². The molecule has 0 saturated carbocycles. The molecular weight excluding hydrogens is 715 g/mol. The quantitative estimate of drug-likeness (QED) is 0.164. The van der Waals surface area contributed by atoms with E-state index in [-0.39, 0.29) is 23.2 Å². The standard InChI is InChI=1S/C56H41N3/c1-3-13-41(14-4-1)56(42-15-5-2-6-16-42)50-19-9-7-17-44(50)48-34-49-47(35-51(48)56)45-18-8-10-20-52(45)59-53(49)40-27-23-37(24-28-40)36-21-25-38(26-22-36)43-31-33-58-55-46(43)30-29-39-12-11-32-57-54(39)55/h1-25,27-34,38,45,47,51H,26,35H2. The molecule has 5 aliphatic rings. The van der Waals surface area contributed by atoms with Gasteiger partial charge in [0, 0.05) is 52.2 Å². The normalized spacial score (nSPS) is 22.3. The molecular formula is C56H41N3. The Bertz CT molecular complexity index is 3010. The number of fused-ring (bicyclic) bond motifs is 9. The molecule has 2 aromatic heterocycles. The fourth-order valence-corrected chi connectivity index (χ4v) is 11.1. The zero-order valence-electron chi connectivity index (χ0n) is 32.6. The molecule has 3 heteroatoms. The number of pyridine rings is 2. The van der Waals surface area contributed by atoms with Crippen LogP contribution in [-0.2, 0) is 5.41 Å². The molecule has 0 fully saturated rings. The largest absolute Gasteiger partial charge is 0.254 e. The first-order valence-electron chi connectivity index (χ1n) is 21.0. The molecule has 0 amide bonds. The van der Waals surface area contributed by atoms with Gasteiger partial charge in [0.25, 0.3) is 0 Å². The van der Waals surface area contributed by atoms with Crippen molar-refractivity contribution in [1.29, 1.82) is 0 Å². The highest BCUT2D eigenvalue weighted by Crippen LogP contribution is 2.63. The van der Waals surface area contributed by atoms with Crippen LogP contribution in [0.4, 0.5) is 0 Å². The molecule has 5 aromatic carbocycles.